The predicted molar refractivity (Wildman–Crippen MR) is 93.3 cm³/mol. The minimum absolute atomic E-state index is 0.0252. The van der Waals surface area contributed by atoms with Crippen LogP contribution in [0.2, 0.25) is 0 Å². The number of hydrogen-bond acceptors (Lipinski definition) is 4. The smallest absolute Gasteiger partial charge is 0.267 e. The molecule has 0 aliphatic heterocycles. The third kappa shape index (κ3) is 4.25. The Kier molecular flexibility index (Phi) is 5.08. The largest absolute Gasteiger partial charge is 0.282 e. The van der Waals surface area contributed by atoms with Gasteiger partial charge in [0.2, 0.25) is 0 Å². The fourth-order valence-electron chi connectivity index (χ4n) is 2.12. The maximum atomic E-state index is 12.0. The number of amides is 1. The third-order valence-corrected chi connectivity index (χ3v) is 3.50. The molecule has 24 heavy (non-hydrogen) atoms. The number of nitrogens with zero attached hydrogens (tertiary/aromatic N) is 2. The standard InChI is InChI=1S/C18H19N3O3/c1-18(2,3)14-10-8-13(9-11-14)12-19-20-17(22)15-6-4-5-7-16(15)21(23)24/h4-12H,1-3H3,(H,20,22)/b19-12-. The third-order valence-electron chi connectivity index (χ3n) is 3.50. The maximum Gasteiger partial charge on any atom is 0.282 e. The highest BCUT2D eigenvalue weighted by Crippen LogP contribution is 2.21. The fourth-order valence-corrected chi connectivity index (χ4v) is 2.12. The van der Waals surface area contributed by atoms with Gasteiger partial charge < -0.3 is 0 Å². The molecule has 0 atom stereocenters. The fraction of sp³-hybridized carbons (Fsp3) is 0.222. The first kappa shape index (κ1) is 17.3. The molecule has 0 fully saturated rings. The van der Waals surface area contributed by atoms with Gasteiger partial charge in [-0.1, -0.05) is 57.2 Å². The number of para-hydroxylation sites is 1. The summed E-state index contributed by atoms with van der Waals surface area (Å²) in [6.07, 6.45) is 1.50. The summed E-state index contributed by atoms with van der Waals surface area (Å²) in [5.41, 5.74) is 4.13. The Morgan fingerprint density at radius 1 is 1.12 bits per heavy atom. The lowest BCUT2D eigenvalue weighted by Gasteiger charge is -2.18. The molecule has 1 N–H and O–H groups in total. The van der Waals surface area contributed by atoms with Crippen molar-refractivity contribution in [3.05, 3.63) is 75.3 Å². The molecule has 0 spiro atoms. The van der Waals surface area contributed by atoms with Crippen molar-refractivity contribution in [2.45, 2.75) is 26.2 Å². The number of nitrogens with one attached hydrogen (secondary N) is 1. The van der Waals surface area contributed by atoms with Crippen LogP contribution in [0.1, 0.15) is 42.3 Å². The van der Waals surface area contributed by atoms with E-state index in [1.54, 1.807) is 6.07 Å². The molecule has 2 rings (SSSR count). The van der Waals surface area contributed by atoms with Crippen molar-refractivity contribution >= 4 is 17.8 Å². The van der Waals surface area contributed by atoms with Crippen LogP contribution < -0.4 is 5.43 Å². The topological polar surface area (TPSA) is 84.6 Å². The highest BCUT2D eigenvalue weighted by Gasteiger charge is 2.18. The molecule has 0 saturated carbocycles. The molecular weight excluding hydrogens is 306 g/mol. The number of nitro groups is 1. The van der Waals surface area contributed by atoms with Gasteiger partial charge in [-0.05, 0) is 22.6 Å². The van der Waals surface area contributed by atoms with Crippen molar-refractivity contribution in [1.29, 1.82) is 0 Å². The Morgan fingerprint density at radius 2 is 1.75 bits per heavy atom. The molecule has 0 unspecified atom stereocenters. The summed E-state index contributed by atoms with van der Waals surface area (Å²) in [7, 11) is 0. The van der Waals surface area contributed by atoms with Crippen molar-refractivity contribution < 1.29 is 9.72 Å². The SMILES string of the molecule is CC(C)(C)c1ccc(/C=N\NC(=O)c2ccccc2[N+](=O)[O-])cc1. The van der Waals surface area contributed by atoms with Gasteiger partial charge in [0.15, 0.2) is 0 Å². The highest BCUT2D eigenvalue weighted by atomic mass is 16.6. The van der Waals surface area contributed by atoms with Gasteiger partial charge in [-0.15, -0.1) is 0 Å². The molecule has 0 saturated heterocycles. The van der Waals surface area contributed by atoms with Gasteiger partial charge in [0.25, 0.3) is 11.6 Å². The molecule has 2 aromatic rings. The lowest BCUT2D eigenvalue weighted by molar-refractivity contribution is -0.385. The Balaban J connectivity index is 2.07. The minimum Gasteiger partial charge on any atom is -0.267 e. The van der Waals surface area contributed by atoms with Gasteiger partial charge in [-0.3, -0.25) is 14.9 Å². The van der Waals surface area contributed by atoms with E-state index in [1.807, 2.05) is 24.3 Å². The lowest BCUT2D eigenvalue weighted by Crippen LogP contribution is -2.19. The number of carbonyl (C=O) groups is 1. The Bertz CT molecular complexity index is 775. The van der Waals surface area contributed by atoms with Crippen LogP contribution in [0.25, 0.3) is 0 Å². The molecule has 2 aromatic carbocycles. The molecule has 1 amide bonds. The molecule has 0 aromatic heterocycles. The molecular formula is C18H19N3O3. The summed E-state index contributed by atoms with van der Waals surface area (Å²) in [4.78, 5) is 22.3. The van der Waals surface area contributed by atoms with E-state index in [0.717, 1.165) is 5.56 Å². The van der Waals surface area contributed by atoms with E-state index in [0.29, 0.717) is 0 Å². The van der Waals surface area contributed by atoms with Gasteiger partial charge in [0.05, 0.1) is 11.1 Å². The molecule has 0 bridgehead atoms. The number of benzene rings is 2. The van der Waals surface area contributed by atoms with E-state index < -0.39 is 10.8 Å². The van der Waals surface area contributed by atoms with E-state index in [9.17, 15) is 14.9 Å². The first-order valence-corrected chi connectivity index (χ1v) is 7.46. The monoisotopic (exact) mass is 325 g/mol. The van der Waals surface area contributed by atoms with Gasteiger partial charge in [0, 0.05) is 6.07 Å². The van der Waals surface area contributed by atoms with Gasteiger partial charge in [-0.2, -0.15) is 5.10 Å². The zero-order valence-electron chi connectivity index (χ0n) is 13.8. The molecule has 0 heterocycles. The summed E-state index contributed by atoms with van der Waals surface area (Å²) < 4.78 is 0. The van der Waals surface area contributed by atoms with E-state index in [4.69, 9.17) is 0 Å². The Morgan fingerprint density at radius 3 is 2.33 bits per heavy atom. The Hall–Kier alpha value is -3.02. The van der Waals surface area contributed by atoms with Gasteiger partial charge in [-0.25, -0.2) is 5.43 Å². The van der Waals surface area contributed by atoms with E-state index in [2.05, 4.69) is 31.3 Å². The van der Waals surface area contributed by atoms with Crippen LogP contribution in [-0.2, 0) is 5.41 Å². The second-order valence-electron chi connectivity index (χ2n) is 6.35. The predicted octanol–water partition coefficient (Wildman–Crippen LogP) is 3.66. The van der Waals surface area contributed by atoms with Crippen molar-refractivity contribution in [3.63, 3.8) is 0 Å². The average Bonchev–Trinajstić information content (AvgIpc) is 2.54. The summed E-state index contributed by atoms with van der Waals surface area (Å²) in [5.74, 6) is -0.620. The number of nitro benzene ring substituents is 1. The molecule has 124 valence electrons. The lowest BCUT2D eigenvalue weighted by atomic mass is 9.87. The van der Waals surface area contributed by atoms with Crippen LogP contribution >= 0.6 is 0 Å². The first-order valence-electron chi connectivity index (χ1n) is 7.46. The van der Waals surface area contributed by atoms with Crippen molar-refractivity contribution in [2.24, 2.45) is 5.10 Å². The number of hydrogen-bond donors (Lipinski definition) is 1. The highest BCUT2D eigenvalue weighted by molar-refractivity contribution is 5.98. The number of hydrazone groups is 1. The van der Waals surface area contributed by atoms with Crippen molar-refractivity contribution in [1.82, 2.24) is 5.43 Å². The molecule has 0 radical (unpaired) electrons. The Labute approximate surface area is 140 Å². The van der Waals surface area contributed by atoms with Crippen LogP contribution in [-0.4, -0.2) is 17.0 Å². The quantitative estimate of drug-likeness (QED) is 0.529. The van der Waals surface area contributed by atoms with Crippen molar-refractivity contribution in [3.8, 4) is 0 Å². The summed E-state index contributed by atoms with van der Waals surface area (Å²) >= 11 is 0. The van der Waals surface area contributed by atoms with Crippen LogP contribution in [0, 0.1) is 10.1 Å². The van der Waals surface area contributed by atoms with Crippen LogP contribution in [0.3, 0.4) is 0 Å². The average molecular weight is 325 g/mol. The molecule has 6 heteroatoms. The van der Waals surface area contributed by atoms with Crippen LogP contribution in [0.4, 0.5) is 5.69 Å². The number of carbonyl (C=O) groups excluding carboxylic acids is 1. The van der Waals surface area contributed by atoms with E-state index in [-0.39, 0.29) is 16.7 Å². The second kappa shape index (κ2) is 7.04. The zero-order chi connectivity index (χ0) is 17.7. The van der Waals surface area contributed by atoms with Gasteiger partial charge >= 0.3 is 0 Å². The van der Waals surface area contributed by atoms with Gasteiger partial charge in [0.1, 0.15) is 5.56 Å². The van der Waals surface area contributed by atoms with Crippen LogP contribution in [0.5, 0.6) is 0 Å². The molecule has 0 aliphatic carbocycles. The summed E-state index contributed by atoms with van der Waals surface area (Å²) in [6.45, 7) is 6.38. The summed E-state index contributed by atoms with van der Waals surface area (Å²) in [6, 6.07) is 13.6. The number of rotatable bonds is 4. The maximum absolute atomic E-state index is 12.0. The molecule has 0 aliphatic rings. The normalized spacial score (nSPS) is 11.5. The van der Waals surface area contributed by atoms with E-state index in [1.165, 1.54) is 30.0 Å². The minimum atomic E-state index is -0.620. The second-order valence-corrected chi connectivity index (χ2v) is 6.35. The van der Waals surface area contributed by atoms with Crippen LogP contribution in [0.15, 0.2) is 53.6 Å². The van der Waals surface area contributed by atoms with Crippen molar-refractivity contribution in [2.75, 3.05) is 0 Å². The van der Waals surface area contributed by atoms with E-state index >= 15 is 0 Å². The zero-order valence-corrected chi connectivity index (χ0v) is 13.8. The summed E-state index contributed by atoms with van der Waals surface area (Å²) in [5, 5.41) is 14.8. The molecule has 6 nitrogen and oxygen atoms in total. The first-order chi connectivity index (χ1) is 11.3.